The van der Waals surface area contributed by atoms with Crippen LogP contribution in [0.5, 0.6) is 0 Å². The molecular formula is C13H23N3S. The molecule has 1 aromatic heterocycles. The highest BCUT2D eigenvalue weighted by Gasteiger charge is 2.24. The molecule has 1 unspecified atom stereocenters. The molecule has 0 aromatic carbocycles. The molecule has 2 N–H and O–H groups in total. The predicted molar refractivity (Wildman–Crippen MR) is 73.4 cm³/mol. The fourth-order valence-electron chi connectivity index (χ4n) is 2.68. The summed E-state index contributed by atoms with van der Waals surface area (Å²) in [6.07, 6.45) is 2.50. The van der Waals surface area contributed by atoms with Crippen molar-refractivity contribution in [2.45, 2.75) is 39.7 Å². The summed E-state index contributed by atoms with van der Waals surface area (Å²) < 4.78 is 0. The van der Waals surface area contributed by atoms with Crippen LogP contribution >= 0.6 is 11.3 Å². The van der Waals surface area contributed by atoms with Gasteiger partial charge in [0.15, 0.2) is 0 Å². The zero-order valence-electron chi connectivity index (χ0n) is 11.1. The first-order valence-electron chi connectivity index (χ1n) is 6.50. The number of nitrogens with zero attached hydrogens (tertiary/aromatic N) is 2. The third-order valence-electron chi connectivity index (χ3n) is 3.85. The van der Waals surface area contributed by atoms with E-state index < -0.39 is 0 Å². The Bertz CT molecular complexity index is 367. The molecule has 2 rings (SSSR count). The summed E-state index contributed by atoms with van der Waals surface area (Å²) in [6.45, 7) is 9.74. The average Bonchev–Trinajstić information content (AvgIpc) is 2.68. The van der Waals surface area contributed by atoms with Crippen LogP contribution in [-0.4, -0.2) is 29.5 Å². The number of piperidine rings is 1. The van der Waals surface area contributed by atoms with Gasteiger partial charge in [0.2, 0.25) is 0 Å². The largest absolute Gasteiger partial charge is 0.330 e. The van der Waals surface area contributed by atoms with Gasteiger partial charge in [-0.3, -0.25) is 4.90 Å². The summed E-state index contributed by atoms with van der Waals surface area (Å²) in [5.41, 5.74) is 6.95. The van der Waals surface area contributed by atoms with E-state index >= 15 is 0 Å². The van der Waals surface area contributed by atoms with E-state index in [9.17, 15) is 0 Å². The minimum Gasteiger partial charge on any atom is -0.330 e. The first-order valence-corrected chi connectivity index (χ1v) is 7.31. The molecule has 17 heavy (non-hydrogen) atoms. The SMILES string of the molecule is Cc1nc(C)c(C(C)N2CCC(CN)CC2)s1. The first kappa shape index (κ1) is 13.0. The molecule has 0 aliphatic carbocycles. The molecule has 0 saturated carbocycles. The molecule has 3 nitrogen and oxygen atoms in total. The Morgan fingerprint density at radius 2 is 2.06 bits per heavy atom. The number of likely N-dealkylation sites (tertiary alicyclic amines) is 1. The van der Waals surface area contributed by atoms with Crippen molar-refractivity contribution in [2.75, 3.05) is 19.6 Å². The van der Waals surface area contributed by atoms with Crippen LogP contribution in [0.3, 0.4) is 0 Å². The maximum Gasteiger partial charge on any atom is 0.0900 e. The van der Waals surface area contributed by atoms with Crippen molar-refractivity contribution < 1.29 is 0 Å². The molecule has 0 spiro atoms. The van der Waals surface area contributed by atoms with Crippen LogP contribution in [0.2, 0.25) is 0 Å². The van der Waals surface area contributed by atoms with E-state index in [2.05, 4.69) is 30.7 Å². The molecule has 1 fully saturated rings. The average molecular weight is 253 g/mol. The van der Waals surface area contributed by atoms with Crippen molar-refractivity contribution in [1.29, 1.82) is 0 Å². The van der Waals surface area contributed by atoms with Crippen LogP contribution < -0.4 is 5.73 Å². The Kier molecular flexibility index (Phi) is 4.17. The van der Waals surface area contributed by atoms with Crippen LogP contribution in [0.25, 0.3) is 0 Å². The second-order valence-corrected chi connectivity index (χ2v) is 6.31. The molecule has 1 saturated heterocycles. The van der Waals surface area contributed by atoms with Crippen molar-refractivity contribution >= 4 is 11.3 Å². The number of rotatable bonds is 3. The molecule has 4 heteroatoms. The number of hydrogen-bond acceptors (Lipinski definition) is 4. The quantitative estimate of drug-likeness (QED) is 0.900. The van der Waals surface area contributed by atoms with E-state index in [1.54, 1.807) is 0 Å². The van der Waals surface area contributed by atoms with Gasteiger partial charge in [-0.25, -0.2) is 4.98 Å². The molecule has 1 aromatic rings. The highest BCUT2D eigenvalue weighted by atomic mass is 32.1. The molecule has 0 amide bonds. The van der Waals surface area contributed by atoms with Crippen molar-refractivity contribution in [3.8, 4) is 0 Å². The summed E-state index contributed by atoms with van der Waals surface area (Å²) in [5, 5.41) is 1.18. The minimum absolute atomic E-state index is 0.514. The zero-order valence-corrected chi connectivity index (χ0v) is 11.9. The Morgan fingerprint density at radius 1 is 1.41 bits per heavy atom. The lowest BCUT2D eigenvalue weighted by Gasteiger charge is -2.35. The standard InChI is InChI=1S/C13H23N3S/c1-9-13(17-11(3)15-9)10(2)16-6-4-12(8-14)5-7-16/h10,12H,4-8,14H2,1-3H3. The molecule has 1 atom stereocenters. The van der Waals surface area contributed by atoms with E-state index in [0.29, 0.717) is 6.04 Å². The van der Waals surface area contributed by atoms with Gasteiger partial charge >= 0.3 is 0 Å². The lowest BCUT2D eigenvalue weighted by Crippen LogP contribution is -2.37. The smallest absolute Gasteiger partial charge is 0.0900 e. The Hall–Kier alpha value is -0.450. The van der Waals surface area contributed by atoms with Crippen LogP contribution in [0.1, 0.15) is 41.4 Å². The van der Waals surface area contributed by atoms with E-state index in [1.807, 2.05) is 11.3 Å². The summed E-state index contributed by atoms with van der Waals surface area (Å²) in [6, 6.07) is 0.514. The first-order chi connectivity index (χ1) is 8.11. The summed E-state index contributed by atoms with van der Waals surface area (Å²) >= 11 is 1.85. The number of nitrogens with two attached hydrogens (primary N) is 1. The molecule has 2 heterocycles. The lowest BCUT2D eigenvalue weighted by molar-refractivity contribution is 0.145. The molecule has 96 valence electrons. The summed E-state index contributed by atoms with van der Waals surface area (Å²) in [4.78, 5) is 8.54. The van der Waals surface area contributed by atoms with Crippen molar-refractivity contribution in [3.05, 3.63) is 15.6 Å². The monoisotopic (exact) mass is 253 g/mol. The van der Waals surface area contributed by atoms with E-state index in [0.717, 1.165) is 12.5 Å². The van der Waals surface area contributed by atoms with Gasteiger partial charge in [0.05, 0.1) is 10.7 Å². The second kappa shape index (κ2) is 5.46. The van der Waals surface area contributed by atoms with Crippen LogP contribution in [0, 0.1) is 19.8 Å². The Balaban J connectivity index is 2.01. The van der Waals surface area contributed by atoms with E-state index in [4.69, 9.17) is 5.73 Å². The third-order valence-corrected chi connectivity index (χ3v) is 5.09. The number of thiazole rings is 1. The Labute approximate surface area is 108 Å². The van der Waals surface area contributed by atoms with E-state index in [1.165, 1.54) is 41.5 Å². The van der Waals surface area contributed by atoms with Gasteiger partial charge in [0.25, 0.3) is 0 Å². The van der Waals surface area contributed by atoms with Crippen molar-refractivity contribution in [1.82, 2.24) is 9.88 Å². The number of hydrogen-bond donors (Lipinski definition) is 1. The third kappa shape index (κ3) is 2.87. The van der Waals surface area contributed by atoms with Gasteiger partial charge in [0, 0.05) is 10.9 Å². The number of aromatic nitrogens is 1. The lowest BCUT2D eigenvalue weighted by atomic mass is 9.96. The summed E-state index contributed by atoms with van der Waals surface area (Å²) in [7, 11) is 0. The predicted octanol–water partition coefficient (Wildman–Crippen LogP) is 2.49. The van der Waals surface area contributed by atoms with Crippen molar-refractivity contribution in [3.63, 3.8) is 0 Å². The second-order valence-electron chi connectivity index (χ2n) is 5.07. The highest BCUT2D eigenvalue weighted by Crippen LogP contribution is 2.31. The van der Waals surface area contributed by atoms with Gasteiger partial charge in [-0.05, 0) is 59.2 Å². The normalized spacial score (nSPS) is 20.7. The molecule has 0 bridgehead atoms. The van der Waals surface area contributed by atoms with Gasteiger partial charge < -0.3 is 5.73 Å². The molecule has 1 aliphatic heterocycles. The molecule has 0 radical (unpaired) electrons. The van der Waals surface area contributed by atoms with Crippen molar-refractivity contribution in [2.24, 2.45) is 11.7 Å². The summed E-state index contributed by atoms with van der Waals surface area (Å²) in [5.74, 6) is 0.739. The topological polar surface area (TPSA) is 42.2 Å². The van der Waals surface area contributed by atoms with Crippen LogP contribution in [0.15, 0.2) is 0 Å². The Morgan fingerprint density at radius 3 is 2.53 bits per heavy atom. The minimum atomic E-state index is 0.514. The van der Waals surface area contributed by atoms with Gasteiger partial charge in [-0.2, -0.15) is 0 Å². The fraction of sp³-hybridized carbons (Fsp3) is 0.769. The highest BCUT2D eigenvalue weighted by molar-refractivity contribution is 7.11. The fourth-order valence-corrected chi connectivity index (χ4v) is 3.69. The van der Waals surface area contributed by atoms with Gasteiger partial charge in [-0.15, -0.1) is 11.3 Å². The maximum absolute atomic E-state index is 5.74. The molecule has 1 aliphatic rings. The van der Waals surface area contributed by atoms with Gasteiger partial charge in [0.1, 0.15) is 0 Å². The van der Waals surface area contributed by atoms with Crippen LogP contribution in [-0.2, 0) is 0 Å². The van der Waals surface area contributed by atoms with Crippen LogP contribution in [0.4, 0.5) is 0 Å². The zero-order chi connectivity index (χ0) is 12.4. The molecular weight excluding hydrogens is 230 g/mol. The maximum atomic E-state index is 5.74. The number of aryl methyl sites for hydroxylation is 2. The van der Waals surface area contributed by atoms with Gasteiger partial charge in [-0.1, -0.05) is 0 Å². The van der Waals surface area contributed by atoms with E-state index in [-0.39, 0.29) is 0 Å².